The number of alkyl halides is 1. The van der Waals surface area contributed by atoms with Crippen LogP contribution in [0, 0.1) is 5.41 Å². The lowest BCUT2D eigenvalue weighted by atomic mass is 9.72. The van der Waals surface area contributed by atoms with E-state index in [9.17, 15) is 4.39 Å². The molecule has 0 amide bonds. The highest BCUT2D eigenvalue weighted by molar-refractivity contribution is 5.37. The molecule has 0 saturated carbocycles. The minimum atomic E-state index is -0.402. The smallest absolute Gasteiger partial charge is 0.108 e. The number of rotatable bonds is 5. The van der Waals surface area contributed by atoms with Gasteiger partial charge in [-0.1, -0.05) is 67.0 Å². The fourth-order valence-electron chi connectivity index (χ4n) is 2.82. The number of hydrogen-bond donors (Lipinski definition) is 0. The molecule has 0 heterocycles. The van der Waals surface area contributed by atoms with Crippen molar-refractivity contribution in [1.82, 2.24) is 0 Å². The average Bonchev–Trinajstić information content (AvgIpc) is 2.37. The number of hydrogen-bond acceptors (Lipinski definition) is 0. The molecule has 0 fully saturated rings. The van der Waals surface area contributed by atoms with E-state index in [1.807, 2.05) is 19.1 Å². The number of allylic oxidation sites excluding steroid dienone is 10. The third-order valence-electron chi connectivity index (χ3n) is 4.17. The van der Waals surface area contributed by atoms with Crippen LogP contribution in [0.15, 0.2) is 58.7 Å². The van der Waals surface area contributed by atoms with Gasteiger partial charge >= 0.3 is 0 Å². The van der Waals surface area contributed by atoms with E-state index in [0.29, 0.717) is 0 Å². The predicted octanol–water partition coefficient (Wildman–Crippen LogP) is 6.49. The molecular formula is C20H29F. The Morgan fingerprint density at radius 2 is 1.90 bits per heavy atom. The van der Waals surface area contributed by atoms with Crippen molar-refractivity contribution in [2.75, 3.05) is 6.67 Å². The summed E-state index contributed by atoms with van der Waals surface area (Å²) in [5.74, 6) is 0. The third kappa shape index (κ3) is 5.87. The van der Waals surface area contributed by atoms with Crippen LogP contribution in [0.2, 0.25) is 0 Å². The molecule has 0 N–H and O–H groups in total. The van der Waals surface area contributed by atoms with Crippen LogP contribution >= 0.6 is 0 Å². The lowest BCUT2D eigenvalue weighted by Gasteiger charge is -2.32. The molecule has 0 spiro atoms. The van der Waals surface area contributed by atoms with Gasteiger partial charge in [-0.15, -0.1) is 0 Å². The van der Waals surface area contributed by atoms with E-state index >= 15 is 0 Å². The molecule has 0 atom stereocenters. The van der Waals surface area contributed by atoms with Crippen molar-refractivity contribution in [2.24, 2.45) is 5.41 Å². The van der Waals surface area contributed by atoms with Gasteiger partial charge in [-0.25, -0.2) is 4.39 Å². The minimum absolute atomic E-state index is 0.287. The molecule has 1 heteroatoms. The first-order chi connectivity index (χ1) is 9.86. The van der Waals surface area contributed by atoms with E-state index < -0.39 is 6.67 Å². The first-order valence-corrected chi connectivity index (χ1v) is 7.83. The molecule has 0 saturated heterocycles. The summed E-state index contributed by atoms with van der Waals surface area (Å²) in [7, 11) is 0. The molecule has 116 valence electrons. The van der Waals surface area contributed by atoms with Crippen molar-refractivity contribution in [3.63, 3.8) is 0 Å². The first kappa shape index (κ1) is 17.7. The van der Waals surface area contributed by atoms with Gasteiger partial charge in [-0.2, -0.15) is 0 Å². The van der Waals surface area contributed by atoms with Crippen LogP contribution in [0.25, 0.3) is 0 Å². The summed E-state index contributed by atoms with van der Waals surface area (Å²) in [4.78, 5) is 0. The molecule has 0 aliphatic heterocycles. The standard InChI is InChI=1S/C20H29F/c1-16(8-6-9-17(2)13-15-21)11-12-19-18(3)10-7-14-20(19,4)5/h6,8-9,11-13H,7,10,14-15H2,1-5H3/b9-6+,12-11+,16-8+,17-13+. The van der Waals surface area contributed by atoms with Gasteiger partial charge < -0.3 is 0 Å². The molecule has 0 aromatic rings. The van der Waals surface area contributed by atoms with Crippen molar-refractivity contribution in [2.45, 2.75) is 53.9 Å². The van der Waals surface area contributed by atoms with Crippen LogP contribution in [-0.2, 0) is 0 Å². The maximum Gasteiger partial charge on any atom is 0.108 e. The predicted molar refractivity (Wildman–Crippen MR) is 92.1 cm³/mol. The first-order valence-electron chi connectivity index (χ1n) is 7.83. The second-order valence-electron chi connectivity index (χ2n) is 6.64. The largest absolute Gasteiger partial charge is 0.247 e. The van der Waals surface area contributed by atoms with E-state index in [0.717, 1.165) is 5.57 Å². The molecule has 0 aromatic heterocycles. The highest BCUT2D eigenvalue weighted by atomic mass is 19.1. The Balaban J connectivity index is 2.78. The van der Waals surface area contributed by atoms with Crippen LogP contribution in [0.4, 0.5) is 4.39 Å². The molecule has 21 heavy (non-hydrogen) atoms. The van der Waals surface area contributed by atoms with E-state index in [2.05, 4.69) is 45.9 Å². The highest BCUT2D eigenvalue weighted by Gasteiger charge is 2.26. The Hall–Kier alpha value is -1.37. The van der Waals surface area contributed by atoms with Crippen LogP contribution in [0.5, 0.6) is 0 Å². The summed E-state index contributed by atoms with van der Waals surface area (Å²) < 4.78 is 12.1. The van der Waals surface area contributed by atoms with Gasteiger partial charge in [-0.3, -0.25) is 0 Å². The zero-order valence-electron chi connectivity index (χ0n) is 14.2. The summed E-state index contributed by atoms with van der Waals surface area (Å²) in [6.45, 7) is 10.5. The van der Waals surface area contributed by atoms with Crippen molar-refractivity contribution < 1.29 is 4.39 Å². The van der Waals surface area contributed by atoms with Crippen molar-refractivity contribution in [3.8, 4) is 0 Å². The van der Waals surface area contributed by atoms with Crippen molar-refractivity contribution in [1.29, 1.82) is 0 Å². The van der Waals surface area contributed by atoms with Gasteiger partial charge in [0.05, 0.1) is 0 Å². The quantitative estimate of drug-likeness (QED) is 0.507. The molecule has 1 rings (SSSR count). The van der Waals surface area contributed by atoms with E-state index in [1.54, 1.807) is 6.08 Å². The second kappa shape index (κ2) is 8.17. The molecular weight excluding hydrogens is 259 g/mol. The zero-order chi connectivity index (χ0) is 15.9. The maximum absolute atomic E-state index is 12.1. The van der Waals surface area contributed by atoms with Gasteiger partial charge in [0.2, 0.25) is 0 Å². The molecule has 0 unspecified atom stereocenters. The highest BCUT2D eigenvalue weighted by Crippen LogP contribution is 2.40. The maximum atomic E-state index is 12.1. The summed E-state index contributed by atoms with van der Waals surface area (Å²) >= 11 is 0. The Morgan fingerprint density at radius 3 is 2.52 bits per heavy atom. The normalized spacial score (nSPS) is 20.9. The van der Waals surface area contributed by atoms with Crippen LogP contribution in [0.1, 0.15) is 53.9 Å². The Labute approximate surface area is 129 Å². The van der Waals surface area contributed by atoms with Gasteiger partial charge in [0.15, 0.2) is 0 Å². The fraction of sp³-hybridized carbons (Fsp3) is 0.500. The summed E-state index contributed by atoms with van der Waals surface area (Å²) in [5.41, 5.74) is 5.46. The van der Waals surface area contributed by atoms with Crippen LogP contribution < -0.4 is 0 Å². The minimum Gasteiger partial charge on any atom is -0.247 e. The molecule has 0 radical (unpaired) electrons. The van der Waals surface area contributed by atoms with E-state index in [1.165, 1.54) is 36.0 Å². The van der Waals surface area contributed by atoms with Gasteiger partial charge in [0, 0.05) is 0 Å². The topological polar surface area (TPSA) is 0 Å². The van der Waals surface area contributed by atoms with Crippen molar-refractivity contribution >= 4 is 0 Å². The SMILES string of the molecule is CC1=C(/C=C/C(C)=C/C=C/C(C)=C/CF)C(C)(C)CCC1. The average molecular weight is 288 g/mol. The fourth-order valence-corrected chi connectivity index (χ4v) is 2.82. The monoisotopic (exact) mass is 288 g/mol. The molecule has 0 nitrogen and oxygen atoms in total. The van der Waals surface area contributed by atoms with Gasteiger partial charge in [0.1, 0.15) is 6.67 Å². The van der Waals surface area contributed by atoms with Crippen LogP contribution in [-0.4, -0.2) is 6.67 Å². The lowest BCUT2D eigenvalue weighted by Crippen LogP contribution is -2.19. The van der Waals surface area contributed by atoms with E-state index in [-0.39, 0.29) is 5.41 Å². The zero-order valence-corrected chi connectivity index (χ0v) is 14.2. The van der Waals surface area contributed by atoms with Gasteiger partial charge in [-0.05, 0) is 51.0 Å². The number of halogens is 1. The Kier molecular flexibility index (Phi) is 6.87. The van der Waals surface area contributed by atoms with Crippen molar-refractivity contribution in [3.05, 3.63) is 58.7 Å². The molecule has 1 aliphatic carbocycles. The molecule has 0 aromatic carbocycles. The molecule has 1 aliphatic rings. The Bertz CT molecular complexity index is 496. The Morgan fingerprint density at radius 1 is 1.19 bits per heavy atom. The summed E-state index contributed by atoms with van der Waals surface area (Å²) in [6, 6.07) is 0. The lowest BCUT2D eigenvalue weighted by molar-refractivity contribution is 0.377. The summed E-state index contributed by atoms with van der Waals surface area (Å²) in [5, 5.41) is 0. The van der Waals surface area contributed by atoms with Crippen LogP contribution in [0.3, 0.4) is 0 Å². The van der Waals surface area contributed by atoms with Gasteiger partial charge in [0.25, 0.3) is 0 Å². The summed E-state index contributed by atoms with van der Waals surface area (Å²) in [6.07, 6.45) is 15.8. The van der Waals surface area contributed by atoms with E-state index in [4.69, 9.17) is 0 Å². The third-order valence-corrected chi connectivity index (χ3v) is 4.17. The molecule has 0 bridgehead atoms. The second-order valence-corrected chi connectivity index (χ2v) is 6.64.